The molecule has 4 rings (SSSR count). The minimum absolute atomic E-state index is 0.0275. The maximum Gasteiger partial charge on any atom is 0.307 e. The molecule has 1 spiro atoms. The highest BCUT2D eigenvalue weighted by Gasteiger charge is 2.70. The summed E-state index contributed by atoms with van der Waals surface area (Å²) in [5, 5.41) is 12.1. The van der Waals surface area contributed by atoms with Gasteiger partial charge in [0.2, 0.25) is 5.91 Å². The van der Waals surface area contributed by atoms with Crippen LogP contribution in [0.15, 0.2) is 36.4 Å². The third-order valence-corrected chi connectivity index (χ3v) is 5.56. The van der Waals surface area contributed by atoms with E-state index in [1.165, 1.54) is 12.1 Å². The molecule has 1 unspecified atom stereocenters. The summed E-state index contributed by atoms with van der Waals surface area (Å²) in [6.45, 7) is 0. The van der Waals surface area contributed by atoms with E-state index in [0.29, 0.717) is 0 Å². The van der Waals surface area contributed by atoms with Crippen LogP contribution in [0.4, 0.5) is 10.1 Å². The molecule has 0 aromatic heterocycles. The monoisotopic (exact) mass is 301 g/mol. The van der Waals surface area contributed by atoms with Crippen molar-refractivity contribution < 1.29 is 19.1 Å². The number of nitrogens with one attached hydrogen (secondary N) is 1. The highest BCUT2D eigenvalue weighted by molar-refractivity contribution is 5.96. The summed E-state index contributed by atoms with van der Waals surface area (Å²) < 4.78 is 13.7. The maximum absolute atomic E-state index is 13.7. The van der Waals surface area contributed by atoms with Crippen LogP contribution in [0.1, 0.15) is 12.8 Å². The number of halogens is 1. The Morgan fingerprint density at radius 2 is 1.77 bits per heavy atom. The number of amides is 1. The zero-order chi connectivity index (χ0) is 15.5. The topological polar surface area (TPSA) is 66.4 Å². The Balaban J connectivity index is 1.64. The summed E-state index contributed by atoms with van der Waals surface area (Å²) in [7, 11) is 0. The number of aliphatic carboxylic acids is 1. The molecule has 2 N–H and O–H groups in total. The van der Waals surface area contributed by atoms with Gasteiger partial charge in [0, 0.05) is 0 Å². The molecule has 4 atom stereocenters. The lowest BCUT2D eigenvalue weighted by Gasteiger charge is -2.23. The molecular formula is C17H16FNO3. The Morgan fingerprint density at radius 1 is 1.14 bits per heavy atom. The van der Waals surface area contributed by atoms with Gasteiger partial charge in [-0.2, -0.15) is 0 Å². The minimum Gasteiger partial charge on any atom is -0.481 e. The van der Waals surface area contributed by atoms with Gasteiger partial charge in [-0.25, -0.2) is 4.39 Å². The van der Waals surface area contributed by atoms with Crippen LogP contribution < -0.4 is 5.32 Å². The van der Waals surface area contributed by atoms with E-state index in [1.807, 2.05) is 12.2 Å². The standard InChI is InChI=1S/C17H16FNO3/c18-11-3-1-2-4-12(11)19-15(20)13-9-5-6-10(14(13)16(21)22)17(9)7-8-17/h1-6,9-10,13-14H,7-8H2,(H,19,20)(H,21,22)/t9-,10+,13?,14+/m0/s1. The fourth-order valence-electron chi connectivity index (χ4n) is 4.47. The molecule has 0 heterocycles. The molecule has 114 valence electrons. The van der Waals surface area contributed by atoms with E-state index in [4.69, 9.17) is 0 Å². The molecule has 3 aliphatic rings. The summed E-state index contributed by atoms with van der Waals surface area (Å²) in [6, 6.07) is 5.94. The van der Waals surface area contributed by atoms with E-state index in [2.05, 4.69) is 5.32 Å². The number of para-hydroxylation sites is 1. The molecule has 2 bridgehead atoms. The van der Waals surface area contributed by atoms with Crippen molar-refractivity contribution in [3.8, 4) is 0 Å². The Bertz CT molecular complexity index is 695. The second-order valence-electron chi connectivity index (χ2n) is 6.53. The largest absolute Gasteiger partial charge is 0.481 e. The molecule has 2 fully saturated rings. The van der Waals surface area contributed by atoms with Crippen LogP contribution >= 0.6 is 0 Å². The average molecular weight is 301 g/mol. The molecule has 0 radical (unpaired) electrons. The van der Waals surface area contributed by atoms with Gasteiger partial charge >= 0.3 is 5.97 Å². The van der Waals surface area contributed by atoms with Crippen molar-refractivity contribution in [1.82, 2.24) is 0 Å². The van der Waals surface area contributed by atoms with E-state index < -0.39 is 23.6 Å². The number of anilines is 1. The number of allylic oxidation sites excluding steroid dienone is 2. The third-order valence-electron chi connectivity index (χ3n) is 5.56. The van der Waals surface area contributed by atoms with Gasteiger partial charge in [-0.1, -0.05) is 24.3 Å². The number of rotatable bonds is 3. The lowest BCUT2D eigenvalue weighted by molar-refractivity contribution is -0.146. The summed E-state index contributed by atoms with van der Waals surface area (Å²) in [6.07, 6.45) is 5.90. The zero-order valence-electron chi connectivity index (χ0n) is 11.8. The minimum atomic E-state index is -0.934. The van der Waals surface area contributed by atoms with Gasteiger partial charge in [0.05, 0.1) is 17.5 Å². The molecule has 1 amide bonds. The van der Waals surface area contributed by atoms with Gasteiger partial charge in [0.1, 0.15) is 5.82 Å². The van der Waals surface area contributed by atoms with E-state index in [1.54, 1.807) is 12.1 Å². The normalized spacial score (nSPS) is 33.1. The quantitative estimate of drug-likeness (QED) is 0.844. The molecule has 2 saturated carbocycles. The Kier molecular flexibility index (Phi) is 2.71. The Labute approximate surface area is 127 Å². The lowest BCUT2D eigenvalue weighted by atomic mass is 9.82. The number of benzene rings is 1. The highest BCUT2D eigenvalue weighted by atomic mass is 19.1. The lowest BCUT2D eigenvalue weighted by Crippen LogP contribution is -2.36. The molecule has 1 aromatic carbocycles. The van der Waals surface area contributed by atoms with Gasteiger partial charge in [-0.15, -0.1) is 0 Å². The first kappa shape index (κ1) is 13.5. The Hall–Kier alpha value is -2.17. The third kappa shape index (κ3) is 1.68. The van der Waals surface area contributed by atoms with Gasteiger partial charge < -0.3 is 10.4 Å². The number of hydrogen-bond donors (Lipinski definition) is 2. The first-order valence-corrected chi connectivity index (χ1v) is 7.51. The second-order valence-corrected chi connectivity index (χ2v) is 6.53. The van der Waals surface area contributed by atoms with E-state index in [-0.39, 0.29) is 28.8 Å². The number of carbonyl (C=O) groups is 2. The highest BCUT2D eigenvalue weighted by Crippen LogP contribution is 2.72. The predicted molar refractivity (Wildman–Crippen MR) is 77.4 cm³/mol. The van der Waals surface area contributed by atoms with Crippen molar-refractivity contribution >= 4 is 17.6 Å². The van der Waals surface area contributed by atoms with Crippen LogP contribution in [-0.4, -0.2) is 17.0 Å². The maximum atomic E-state index is 13.7. The first-order valence-electron chi connectivity index (χ1n) is 7.51. The molecule has 4 nitrogen and oxygen atoms in total. The van der Waals surface area contributed by atoms with Crippen molar-refractivity contribution in [2.45, 2.75) is 12.8 Å². The van der Waals surface area contributed by atoms with Gasteiger partial charge in [0.15, 0.2) is 0 Å². The van der Waals surface area contributed by atoms with E-state index in [0.717, 1.165) is 12.8 Å². The molecule has 0 aliphatic heterocycles. The van der Waals surface area contributed by atoms with Crippen molar-refractivity contribution in [2.24, 2.45) is 29.1 Å². The molecule has 22 heavy (non-hydrogen) atoms. The zero-order valence-corrected chi connectivity index (χ0v) is 11.8. The van der Waals surface area contributed by atoms with Crippen LogP contribution in [0.2, 0.25) is 0 Å². The van der Waals surface area contributed by atoms with Crippen LogP contribution in [0, 0.1) is 34.9 Å². The van der Waals surface area contributed by atoms with Crippen molar-refractivity contribution in [3.63, 3.8) is 0 Å². The van der Waals surface area contributed by atoms with Gasteiger partial charge in [-0.3, -0.25) is 9.59 Å². The number of hydrogen-bond acceptors (Lipinski definition) is 2. The first-order chi connectivity index (χ1) is 10.5. The number of carboxylic acids is 1. The van der Waals surface area contributed by atoms with Crippen LogP contribution in [0.5, 0.6) is 0 Å². The molecular weight excluding hydrogens is 285 g/mol. The summed E-state index contributed by atoms with van der Waals surface area (Å²) in [5.41, 5.74) is 0.0774. The second kappa shape index (κ2) is 4.41. The molecule has 0 saturated heterocycles. The van der Waals surface area contributed by atoms with Crippen molar-refractivity contribution in [3.05, 3.63) is 42.2 Å². The summed E-state index contributed by atoms with van der Waals surface area (Å²) in [5.74, 6) is -3.25. The molecule has 3 aliphatic carbocycles. The van der Waals surface area contributed by atoms with E-state index in [9.17, 15) is 19.1 Å². The van der Waals surface area contributed by atoms with Gasteiger partial charge in [0.25, 0.3) is 0 Å². The van der Waals surface area contributed by atoms with Crippen LogP contribution in [0.3, 0.4) is 0 Å². The number of carboxylic acid groups (broad SMARTS) is 1. The predicted octanol–water partition coefficient (Wildman–Crippen LogP) is 2.68. The molecule has 1 aromatic rings. The van der Waals surface area contributed by atoms with E-state index >= 15 is 0 Å². The van der Waals surface area contributed by atoms with Gasteiger partial charge in [-0.05, 0) is 42.2 Å². The van der Waals surface area contributed by atoms with Crippen molar-refractivity contribution in [2.75, 3.05) is 5.32 Å². The fourth-order valence-corrected chi connectivity index (χ4v) is 4.47. The Morgan fingerprint density at radius 3 is 2.36 bits per heavy atom. The fraction of sp³-hybridized carbons (Fsp3) is 0.412. The van der Waals surface area contributed by atoms with Crippen LogP contribution in [0.25, 0.3) is 0 Å². The van der Waals surface area contributed by atoms with Crippen molar-refractivity contribution in [1.29, 1.82) is 0 Å². The SMILES string of the molecule is O=C(Nc1ccccc1F)C1[C@H](C(=O)O)[C@H]2C=C[C@@H]1C21CC1. The van der Waals surface area contributed by atoms with Crippen LogP contribution in [-0.2, 0) is 9.59 Å². The summed E-state index contributed by atoms with van der Waals surface area (Å²) in [4.78, 5) is 24.3. The number of carbonyl (C=O) groups excluding carboxylic acids is 1. The summed E-state index contributed by atoms with van der Waals surface area (Å²) >= 11 is 0. The molecule has 5 heteroatoms. The average Bonchev–Trinajstić information content (AvgIpc) is 3.15. The smallest absolute Gasteiger partial charge is 0.307 e.